The van der Waals surface area contributed by atoms with E-state index in [1.54, 1.807) is 33.2 Å². The number of esters is 1. The van der Waals surface area contributed by atoms with E-state index < -0.39 is 71.7 Å². The molecule has 0 bridgehead atoms. The van der Waals surface area contributed by atoms with Gasteiger partial charge in [0.1, 0.15) is 24.0 Å². The molecule has 2 aromatic rings. The summed E-state index contributed by atoms with van der Waals surface area (Å²) in [6, 6.07) is 8.99. The third-order valence-electron chi connectivity index (χ3n) is 12.3. The third-order valence-corrected chi connectivity index (χ3v) is 12.3. The minimum Gasteiger partial charge on any atom is -0.455 e. The number of para-hydroxylation sites is 1. The van der Waals surface area contributed by atoms with E-state index >= 15 is 0 Å². The first-order valence-corrected chi connectivity index (χ1v) is 20.2. The zero-order chi connectivity index (χ0) is 41.1. The number of aliphatic hydroxyl groups is 1. The number of carbonyl (C=O) groups is 3. The number of cyclic esters (lactones) is 1. The van der Waals surface area contributed by atoms with Crippen LogP contribution in [-0.2, 0) is 39.7 Å². The fraction of sp³-hybridized carbons (Fsp3) is 0.674. The van der Waals surface area contributed by atoms with Gasteiger partial charge < -0.3 is 33.7 Å². The number of amides is 1. The number of likely N-dealkylation sites (N-methyl/N-ethyl adjacent to an activating group) is 1. The van der Waals surface area contributed by atoms with Crippen LogP contribution >= 0.6 is 0 Å². The molecule has 2 saturated heterocycles. The number of Topliss-reactive ketones (excluding diaryl/α,β-unsaturated/α-hetero) is 1. The lowest BCUT2D eigenvalue weighted by Gasteiger charge is -2.46. The second kappa shape index (κ2) is 18.0. The first-order chi connectivity index (χ1) is 26.4. The Kier molecular flexibility index (Phi) is 14.0. The van der Waals surface area contributed by atoms with Crippen LogP contribution in [0.5, 0.6) is 0 Å². The van der Waals surface area contributed by atoms with Gasteiger partial charge in [-0.05, 0) is 91.6 Å². The van der Waals surface area contributed by atoms with Gasteiger partial charge in [0.05, 0.1) is 23.3 Å². The summed E-state index contributed by atoms with van der Waals surface area (Å²) in [6.45, 7) is 15.2. The number of aliphatic hydroxyl groups excluding tert-OH is 1. The maximum absolute atomic E-state index is 14.7. The lowest BCUT2D eigenvalue weighted by molar-refractivity contribution is -0.294. The van der Waals surface area contributed by atoms with Crippen molar-refractivity contribution in [1.82, 2.24) is 20.3 Å². The molecule has 13 nitrogen and oxygen atoms in total. The molecule has 0 saturated carbocycles. The van der Waals surface area contributed by atoms with Crippen molar-refractivity contribution in [2.45, 2.75) is 141 Å². The highest BCUT2D eigenvalue weighted by molar-refractivity contribution is 5.88. The van der Waals surface area contributed by atoms with Crippen molar-refractivity contribution in [2.24, 2.45) is 17.8 Å². The Morgan fingerprint density at radius 2 is 1.80 bits per heavy atom. The number of aromatic nitrogens is 1. The van der Waals surface area contributed by atoms with Crippen molar-refractivity contribution < 1.29 is 43.2 Å². The molecular formula is C43H64N4O9. The summed E-state index contributed by atoms with van der Waals surface area (Å²) in [5.74, 6) is -2.43. The van der Waals surface area contributed by atoms with Crippen LogP contribution in [0.3, 0.4) is 0 Å². The number of rotatable bonds is 10. The van der Waals surface area contributed by atoms with E-state index in [0.29, 0.717) is 31.4 Å². The van der Waals surface area contributed by atoms with Crippen molar-refractivity contribution in [3.05, 3.63) is 53.7 Å². The highest BCUT2D eigenvalue weighted by Gasteiger charge is 2.60. The van der Waals surface area contributed by atoms with E-state index in [-0.39, 0.29) is 24.3 Å². The molecule has 3 aliphatic rings. The fourth-order valence-electron chi connectivity index (χ4n) is 9.29. The van der Waals surface area contributed by atoms with Gasteiger partial charge in [-0.2, -0.15) is 0 Å². The highest BCUT2D eigenvalue weighted by Crippen LogP contribution is 2.42. The van der Waals surface area contributed by atoms with Crippen molar-refractivity contribution in [2.75, 3.05) is 27.7 Å². The molecule has 5 rings (SSSR count). The standard InChI is InChI=1S/C43H64N4O9/c1-12-34-43(8)37(47(41(51)56-43)45-20-15-16-30-19-21-44-32-18-14-13-17-31(30)32)29(6)35(48)27(4)24-42(7,52-11)38(25(2)22-26(3)39(50)54-34)55-40-36(49)33(46(9)10)23-28(5)53-40/h13-14,17-19,21-22,25,27-29,33-34,36-38,40,45,49H,12,15-16,20,23-24H2,1-11H3/b26-22+/t25-,27+,28+,29-,33-,34+,36+,37+,38+,40-,42+,43+/m0/s1. The second-order valence-corrected chi connectivity index (χ2v) is 16.8. The van der Waals surface area contributed by atoms with E-state index in [4.69, 9.17) is 23.7 Å². The van der Waals surface area contributed by atoms with Gasteiger partial charge in [-0.3, -0.25) is 9.78 Å². The average Bonchev–Trinajstić information content (AvgIpc) is 3.42. The number of pyridine rings is 1. The number of ketones is 1. The Morgan fingerprint density at radius 3 is 2.48 bits per heavy atom. The predicted molar refractivity (Wildman–Crippen MR) is 212 cm³/mol. The van der Waals surface area contributed by atoms with Gasteiger partial charge in [-0.25, -0.2) is 20.0 Å². The Hall–Kier alpha value is -3.46. The molecule has 0 spiro atoms. The second-order valence-electron chi connectivity index (χ2n) is 16.8. The minimum atomic E-state index is -1.36. The molecule has 56 heavy (non-hydrogen) atoms. The highest BCUT2D eigenvalue weighted by atomic mass is 16.7. The summed E-state index contributed by atoms with van der Waals surface area (Å²) >= 11 is 0. The number of benzene rings is 1. The topological polar surface area (TPSA) is 149 Å². The molecule has 3 aliphatic heterocycles. The number of ether oxygens (including phenoxy) is 5. The summed E-state index contributed by atoms with van der Waals surface area (Å²) in [6.07, 6.45) is 1.85. The molecular weight excluding hydrogens is 716 g/mol. The van der Waals surface area contributed by atoms with Crippen LogP contribution in [-0.4, -0.2) is 120 Å². The van der Waals surface area contributed by atoms with Crippen molar-refractivity contribution in [1.29, 1.82) is 0 Å². The van der Waals surface area contributed by atoms with Crippen molar-refractivity contribution in [3.63, 3.8) is 0 Å². The monoisotopic (exact) mass is 780 g/mol. The van der Waals surface area contributed by atoms with Gasteiger partial charge in [0.15, 0.2) is 11.9 Å². The SMILES string of the molecule is CC[C@H]1OC(=O)/C(C)=C/[C@H](C)[C@@H](O[C@@H]2O[C@H](C)C[C@H](N(C)C)[C@H]2O)[C@](C)(OC)C[C@@H](C)C(=O)[C@H](C)[C@H]2N(NCCCc3ccnc4ccccc34)C(=O)O[C@]12C. The van der Waals surface area contributed by atoms with Gasteiger partial charge in [-0.15, -0.1) is 0 Å². The largest absolute Gasteiger partial charge is 0.455 e. The Bertz CT molecular complexity index is 1730. The number of carbonyl (C=O) groups excluding carboxylic acids is 3. The molecule has 0 aliphatic carbocycles. The number of methoxy groups -OCH3 is 1. The van der Waals surface area contributed by atoms with E-state index in [9.17, 15) is 19.5 Å². The molecule has 1 amide bonds. The molecule has 12 atom stereocenters. The lowest BCUT2D eigenvalue weighted by atomic mass is 9.74. The minimum absolute atomic E-state index is 0.107. The van der Waals surface area contributed by atoms with Crippen LogP contribution < -0.4 is 5.43 Å². The van der Waals surface area contributed by atoms with Crippen LogP contribution in [0.25, 0.3) is 10.9 Å². The number of hydrogen-bond acceptors (Lipinski definition) is 12. The zero-order valence-corrected chi connectivity index (χ0v) is 35.1. The first kappa shape index (κ1) is 43.7. The molecule has 310 valence electrons. The van der Waals surface area contributed by atoms with Crippen LogP contribution in [0.15, 0.2) is 48.2 Å². The third kappa shape index (κ3) is 8.98. The van der Waals surface area contributed by atoms with Gasteiger partial charge >= 0.3 is 12.1 Å². The van der Waals surface area contributed by atoms with Gasteiger partial charge in [0.25, 0.3) is 0 Å². The first-order valence-electron chi connectivity index (χ1n) is 20.2. The number of hydrogen-bond donors (Lipinski definition) is 2. The number of nitrogens with one attached hydrogen (secondary N) is 1. The quantitative estimate of drug-likeness (QED) is 0.228. The fourth-order valence-corrected chi connectivity index (χ4v) is 9.29. The molecule has 1 aromatic heterocycles. The number of aryl methyl sites for hydroxylation is 1. The van der Waals surface area contributed by atoms with E-state index in [2.05, 4.69) is 16.5 Å². The van der Waals surface area contributed by atoms with Crippen molar-refractivity contribution in [3.8, 4) is 0 Å². The molecule has 2 N–H and O–H groups in total. The summed E-state index contributed by atoms with van der Waals surface area (Å²) in [5, 5.41) is 14.0. The average molecular weight is 781 g/mol. The zero-order valence-electron chi connectivity index (χ0n) is 35.1. The molecule has 4 heterocycles. The van der Waals surface area contributed by atoms with Gasteiger partial charge in [0.2, 0.25) is 0 Å². The van der Waals surface area contributed by atoms with E-state index in [1.165, 1.54) is 5.01 Å². The number of nitrogens with zero attached hydrogens (tertiary/aromatic N) is 3. The Morgan fingerprint density at radius 1 is 1.09 bits per heavy atom. The molecule has 0 unspecified atom stereocenters. The van der Waals surface area contributed by atoms with Crippen LogP contribution in [0, 0.1) is 17.8 Å². The van der Waals surface area contributed by atoms with Crippen LogP contribution in [0.1, 0.15) is 86.6 Å². The molecule has 0 radical (unpaired) electrons. The molecule has 2 fully saturated rings. The van der Waals surface area contributed by atoms with Gasteiger partial charge in [-0.1, -0.05) is 52.0 Å². The summed E-state index contributed by atoms with van der Waals surface area (Å²) in [5.41, 5.74) is 3.27. The lowest BCUT2D eigenvalue weighted by Crippen LogP contribution is -2.60. The molecule has 1 aromatic carbocycles. The van der Waals surface area contributed by atoms with Crippen LogP contribution in [0.4, 0.5) is 4.79 Å². The normalized spacial score (nSPS) is 37.1. The smallest absolute Gasteiger partial charge is 0.425 e. The number of fused-ring (bicyclic) bond motifs is 2. The Balaban J connectivity index is 1.46. The maximum atomic E-state index is 14.7. The summed E-state index contributed by atoms with van der Waals surface area (Å²) < 4.78 is 31.5. The van der Waals surface area contributed by atoms with Crippen molar-refractivity contribution >= 4 is 28.7 Å². The summed E-state index contributed by atoms with van der Waals surface area (Å²) in [4.78, 5) is 48.8. The number of hydrazine groups is 1. The van der Waals surface area contributed by atoms with E-state index in [0.717, 1.165) is 22.9 Å². The van der Waals surface area contributed by atoms with Crippen LogP contribution in [0.2, 0.25) is 0 Å². The van der Waals surface area contributed by atoms with E-state index in [1.807, 2.05) is 84.8 Å². The maximum Gasteiger partial charge on any atom is 0.425 e. The Labute approximate surface area is 332 Å². The van der Waals surface area contributed by atoms with Gasteiger partial charge in [0, 0.05) is 54.6 Å². The molecule has 13 heteroatoms. The summed E-state index contributed by atoms with van der Waals surface area (Å²) in [7, 11) is 5.40. The predicted octanol–water partition coefficient (Wildman–Crippen LogP) is 5.62.